The molecule has 0 aromatic heterocycles. The second-order valence-electron chi connectivity index (χ2n) is 9.88. The van der Waals surface area contributed by atoms with Gasteiger partial charge >= 0.3 is 5.97 Å². The molecule has 2 bridgehead atoms. The number of rotatable bonds is 9. The van der Waals surface area contributed by atoms with Crippen LogP contribution < -0.4 is 5.32 Å². The molecule has 0 radical (unpaired) electrons. The summed E-state index contributed by atoms with van der Waals surface area (Å²) in [6.07, 6.45) is 2.93. The lowest BCUT2D eigenvalue weighted by Crippen LogP contribution is -2.54. The minimum absolute atomic E-state index is 0.00460. The molecule has 3 aliphatic heterocycles. The van der Waals surface area contributed by atoms with E-state index in [-0.39, 0.29) is 42.2 Å². The zero-order valence-corrected chi connectivity index (χ0v) is 21.3. The van der Waals surface area contributed by atoms with Crippen LogP contribution in [0.4, 0.5) is 5.69 Å². The monoisotopic (exact) mass is 488 g/mol. The molecule has 0 saturated carbocycles. The van der Waals surface area contributed by atoms with E-state index in [1.807, 2.05) is 32.0 Å². The minimum Gasteiger partial charge on any atom is -0.466 e. The van der Waals surface area contributed by atoms with Crippen LogP contribution in [0.1, 0.15) is 50.7 Å². The fraction of sp³-hybridized carbons (Fsp3) is 0.654. The van der Waals surface area contributed by atoms with E-state index < -0.39 is 22.6 Å². The first kappa shape index (κ1) is 25.0. The van der Waals surface area contributed by atoms with Gasteiger partial charge in [-0.2, -0.15) is 0 Å². The zero-order valence-electron chi connectivity index (χ0n) is 20.5. The van der Waals surface area contributed by atoms with E-state index in [2.05, 4.69) is 12.2 Å². The molecular formula is C26H36N2O5S. The molecule has 1 aromatic carbocycles. The molecule has 4 rings (SSSR count). The average Bonchev–Trinajstić information content (AvgIpc) is 3.38. The minimum atomic E-state index is -0.650. The van der Waals surface area contributed by atoms with E-state index in [0.717, 1.165) is 29.7 Å². The predicted molar refractivity (Wildman–Crippen MR) is 132 cm³/mol. The molecule has 2 N–H and O–H groups in total. The number of fused-ring (bicyclic) bond motifs is 1. The highest BCUT2D eigenvalue weighted by atomic mass is 32.2. The number of ether oxygens (including phenoxy) is 1. The van der Waals surface area contributed by atoms with Crippen LogP contribution in [0.2, 0.25) is 0 Å². The van der Waals surface area contributed by atoms with Gasteiger partial charge in [-0.05, 0) is 63.5 Å². The third-order valence-electron chi connectivity index (χ3n) is 7.84. The molecule has 1 aromatic rings. The van der Waals surface area contributed by atoms with Gasteiger partial charge in [0.05, 0.1) is 23.2 Å². The van der Waals surface area contributed by atoms with Crippen LogP contribution in [0.5, 0.6) is 0 Å². The maximum absolute atomic E-state index is 14.0. The summed E-state index contributed by atoms with van der Waals surface area (Å²) in [5.74, 6) is -1.53. The van der Waals surface area contributed by atoms with Crippen molar-refractivity contribution in [3.05, 3.63) is 29.3 Å². The van der Waals surface area contributed by atoms with Gasteiger partial charge in [0, 0.05) is 24.1 Å². The Morgan fingerprint density at radius 3 is 2.59 bits per heavy atom. The van der Waals surface area contributed by atoms with Crippen LogP contribution in [-0.2, 0) is 19.1 Å². The Morgan fingerprint density at radius 1 is 1.24 bits per heavy atom. The average molecular weight is 489 g/mol. The molecular weight excluding hydrogens is 452 g/mol. The molecule has 3 fully saturated rings. The number of hydrogen-bond donors (Lipinski definition) is 2. The zero-order chi connectivity index (χ0) is 24.6. The lowest BCUT2D eigenvalue weighted by atomic mass is 9.66. The molecule has 6 atom stereocenters. The highest BCUT2D eigenvalue weighted by molar-refractivity contribution is 8.02. The smallest absolute Gasteiger partial charge is 0.310 e. The summed E-state index contributed by atoms with van der Waals surface area (Å²) in [4.78, 5) is 42.5. The van der Waals surface area contributed by atoms with Gasteiger partial charge in [0.1, 0.15) is 6.04 Å². The van der Waals surface area contributed by atoms with Crippen molar-refractivity contribution in [3.63, 3.8) is 0 Å². The number of hydrogen-bond acceptors (Lipinski definition) is 6. The largest absolute Gasteiger partial charge is 0.466 e. The van der Waals surface area contributed by atoms with Crippen molar-refractivity contribution >= 4 is 35.2 Å². The highest BCUT2D eigenvalue weighted by Gasteiger charge is 2.76. The van der Waals surface area contributed by atoms with E-state index in [1.54, 1.807) is 23.6 Å². The first-order chi connectivity index (χ1) is 16.3. The van der Waals surface area contributed by atoms with Crippen LogP contribution in [0.3, 0.4) is 0 Å². The summed E-state index contributed by atoms with van der Waals surface area (Å²) in [7, 11) is 0. The molecule has 7 nitrogen and oxygen atoms in total. The van der Waals surface area contributed by atoms with Gasteiger partial charge in [0.2, 0.25) is 11.8 Å². The van der Waals surface area contributed by atoms with Crippen molar-refractivity contribution in [3.8, 4) is 0 Å². The van der Waals surface area contributed by atoms with E-state index >= 15 is 0 Å². The number of nitrogens with one attached hydrogen (secondary N) is 1. The van der Waals surface area contributed by atoms with Gasteiger partial charge in [-0.15, -0.1) is 11.8 Å². The number of esters is 1. The van der Waals surface area contributed by atoms with Crippen LogP contribution in [0.15, 0.2) is 18.2 Å². The molecule has 34 heavy (non-hydrogen) atoms. The number of benzene rings is 1. The first-order valence-electron chi connectivity index (χ1n) is 12.4. The molecule has 3 aliphatic rings. The molecule has 1 spiro atoms. The van der Waals surface area contributed by atoms with Crippen molar-refractivity contribution < 1.29 is 24.2 Å². The summed E-state index contributed by atoms with van der Waals surface area (Å²) in [6.45, 7) is 8.64. The van der Waals surface area contributed by atoms with Crippen molar-refractivity contribution in [2.75, 3.05) is 25.1 Å². The van der Waals surface area contributed by atoms with E-state index in [0.29, 0.717) is 19.4 Å². The number of aryl methyl sites for hydroxylation is 2. The van der Waals surface area contributed by atoms with Crippen LogP contribution in [-0.4, -0.2) is 63.6 Å². The summed E-state index contributed by atoms with van der Waals surface area (Å²) in [5, 5.41) is 12.3. The number of nitrogens with zero attached hydrogens (tertiary/aromatic N) is 1. The lowest BCUT2D eigenvalue weighted by Gasteiger charge is -2.38. The number of thioether (sulfide) groups is 1. The van der Waals surface area contributed by atoms with E-state index in [9.17, 15) is 14.4 Å². The molecule has 3 saturated heterocycles. The Labute approximate surface area is 206 Å². The van der Waals surface area contributed by atoms with Gasteiger partial charge in [0.25, 0.3) is 0 Å². The third-order valence-corrected chi connectivity index (χ3v) is 9.92. The molecule has 3 unspecified atom stereocenters. The SMILES string of the molecule is CCOC(=O)[C@@H]1[C@@H]2CC(C)C3(S2)C(C(=O)Nc2c(C)cccc2C)N(CCCCCO)C(=O)[C@H]13. The number of carbonyl (C=O) groups is 3. The highest BCUT2D eigenvalue weighted by Crippen LogP contribution is 2.68. The summed E-state index contributed by atoms with van der Waals surface area (Å²) >= 11 is 1.66. The Morgan fingerprint density at radius 2 is 1.94 bits per heavy atom. The standard InChI is InChI=1S/C26H36N2O5S/c1-5-33-25(32)19-18-14-17(4)26(34-18)20(19)24(31)28(12-7-6-8-13-29)22(26)23(30)27-21-15(2)10-9-11-16(21)3/h9-11,17-20,22,29H,5-8,12-14H2,1-4H3,(H,27,30)/t17?,18-,19+,20-,22?,26?/m0/s1. The van der Waals surface area contributed by atoms with Crippen LogP contribution in [0, 0.1) is 31.6 Å². The number of likely N-dealkylation sites (tertiary alicyclic amines) is 1. The fourth-order valence-corrected chi connectivity index (χ4v) is 8.75. The predicted octanol–water partition coefficient (Wildman–Crippen LogP) is 3.30. The quantitative estimate of drug-likeness (QED) is 0.409. The van der Waals surface area contributed by atoms with Gasteiger partial charge in [-0.1, -0.05) is 25.1 Å². The van der Waals surface area contributed by atoms with Gasteiger partial charge < -0.3 is 20.1 Å². The van der Waals surface area contributed by atoms with Gasteiger partial charge in [-0.25, -0.2) is 0 Å². The van der Waals surface area contributed by atoms with Crippen molar-refractivity contribution in [1.82, 2.24) is 4.90 Å². The number of carbonyl (C=O) groups excluding carboxylic acids is 3. The summed E-state index contributed by atoms with van der Waals surface area (Å²) in [6, 6.07) is 5.24. The van der Waals surface area contributed by atoms with Gasteiger partial charge in [0.15, 0.2) is 0 Å². The number of unbranched alkanes of at least 4 members (excludes halogenated alkanes) is 2. The molecule has 2 amide bonds. The second-order valence-corrected chi connectivity index (χ2v) is 11.4. The molecule has 0 aliphatic carbocycles. The Kier molecular flexibility index (Phi) is 7.29. The Hall–Kier alpha value is -2.06. The number of aliphatic hydroxyl groups excluding tert-OH is 1. The van der Waals surface area contributed by atoms with Crippen LogP contribution >= 0.6 is 11.8 Å². The van der Waals surface area contributed by atoms with E-state index in [1.165, 1.54) is 0 Å². The molecule has 8 heteroatoms. The lowest BCUT2D eigenvalue weighted by molar-refractivity contribution is -0.154. The normalized spacial score (nSPS) is 31.6. The second kappa shape index (κ2) is 9.90. The third kappa shape index (κ3) is 3.92. The molecule has 186 valence electrons. The van der Waals surface area contributed by atoms with Gasteiger partial charge in [-0.3, -0.25) is 14.4 Å². The number of amides is 2. The van der Waals surface area contributed by atoms with E-state index in [4.69, 9.17) is 9.84 Å². The summed E-state index contributed by atoms with van der Waals surface area (Å²) in [5.41, 5.74) is 2.73. The van der Waals surface area contributed by atoms with Crippen molar-refractivity contribution in [1.29, 1.82) is 0 Å². The number of aliphatic hydroxyl groups is 1. The van der Waals surface area contributed by atoms with Crippen LogP contribution in [0.25, 0.3) is 0 Å². The number of anilines is 1. The van der Waals surface area contributed by atoms with Crippen molar-refractivity contribution in [2.24, 2.45) is 17.8 Å². The Bertz CT molecular complexity index is 948. The maximum Gasteiger partial charge on any atom is 0.310 e. The number of para-hydroxylation sites is 1. The van der Waals surface area contributed by atoms with Crippen molar-refractivity contribution in [2.45, 2.75) is 69.4 Å². The maximum atomic E-state index is 14.0. The molecule has 3 heterocycles. The topological polar surface area (TPSA) is 95.9 Å². The fourth-order valence-electron chi connectivity index (χ4n) is 6.34. The first-order valence-corrected chi connectivity index (χ1v) is 13.3. The Balaban J connectivity index is 1.71. The summed E-state index contributed by atoms with van der Waals surface area (Å²) < 4.78 is 4.74.